The number of fused-ring (bicyclic) bond motifs is 9. The lowest BCUT2D eigenvalue weighted by molar-refractivity contribution is 1.30. The second-order valence-electron chi connectivity index (χ2n) is 9.78. The van der Waals surface area contributed by atoms with E-state index in [0.29, 0.717) is 0 Å². The van der Waals surface area contributed by atoms with Gasteiger partial charge in [0.15, 0.2) is 0 Å². The third-order valence-corrected chi connectivity index (χ3v) is 8.80. The molecule has 2 heteroatoms. The molecule has 0 aliphatic carbocycles. The first kappa shape index (κ1) is 21.4. The van der Waals surface area contributed by atoms with Crippen molar-refractivity contribution in [3.8, 4) is 0 Å². The van der Waals surface area contributed by atoms with Gasteiger partial charge in [-0.05, 0) is 69.4 Å². The lowest BCUT2D eigenvalue weighted by Gasteiger charge is -2.26. The standard InChI is InChI=1S/C36H23NS/c1-2-12-26(13-3-1)37(27-19-18-24-10-4-5-11-25(24)22-27)28-20-21-34-33(23-28)35-31-16-8-6-14-29(31)30-15-7-9-17-32(30)36(35)38-34/h1-23H. The van der Waals surface area contributed by atoms with Gasteiger partial charge in [-0.1, -0.05) is 97.1 Å². The number of rotatable bonds is 3. The molecule has 1 aromatic heterocycles. The van der Waals surface area contributed by atoms with Crippen LogP contribution < -0.4 is 4.90 Å². The van der Waals surface area contributed by atoms with Gasteiger partial charge in [0, 0.05) is 42.6 Å². The number of nitrogens with zero attached hydrogens (tertiary/aromatic N) is 1. The molecule has 0 unspecified atom stereocenters. The maximum absolute atomic E-state index is 2.39. The summed E-state index contributed by atoms with van der Waals surface area (Å²) in [5.41, 5.74) is 3.47. The van der Waals surface area contributed by atoms with Crippen molar-refractivity contribution >= 4 is 80.9 Å². The van der Waals surface area contributed by atoms with Gasteiger partial charge in [0.05, 0.1) is 0 Å². The van der Waals surface area contributed by atoms with E-state index in [1.165, 1.54) is 52.5 Å². The predicted octanol–water partition coefficient (Wildman–Crippen LogP) is 11.0. The van der Waals surface area contributed by atoms with Gasteiger partial charge in [-0.2, -0.15) is 0 Å². The first-order valence-corrected chi connectivity index (χ1v) is 13.8. The van der Waals surface area contributed by atoms with Crippen molar-refractivity contribution in [2.24, 2.45) is 0 Å². The van der Waals surface area contributed by atoms with Crippen LogP contribution in [0.1, 0.15) is 0 Å². The summed E-state index contributed by atoms with van der Waals surface area (Å²) in [5.74, 6) is 0. The molecule has 0 N–H and O–H groups in total. The monoisotopic (exact) mass is 501 g/mol. The topological polar surface area (TPSA) is 3.24 Å². The Morgan fingerprint density at radius 3 is 1.82 bits per heavy atom. The lowest BCUT2D eigenvalue weighted by Crippen LogP contribution is -2.09. The number of benzene rings is 7. The Morgan fingerprint density at radius 2 is 1.00 bits per heavy atom. The van der Waals surface area contributed by atoms with Crippen LogP contribution in [0.4, 0.5) is 17.1 Å². The molecule has 0 bridgehead atoms. The van der Waals surface area contributed by atoms with Crippen LogP contribution in [0.5, 0.6) is 0 Å². The summed E-state index contributed by atoms with van der Waals surface area (Å²) in [7, 11) is 0. The number of hydrogen-bond donors (Lipinski definition) is 0. The van der Waals surface area contributed by atoms with E-state index in [1.54, 1.807) is 0 Å². The van der Waals surface area contributed by atoms with Crippen LogP contribution in [-0.2, 0) is 0 Å². The fourth-order valence-corrected chi connectivity index (χ4v) is 7.11. The average molecular weight is 502 g/mol. The Balaban J connectivity index is 1.44. The van der Waals surface area contributed by atoms with E-state index >= 15 is 0 Å². The van der Waals surface area contributed by atoms with E-state index in [9.17, 15) is 0 Å². The minimum atomic E-state index is 1.15. The van der Waals surface area contributed by atoms with Crippen molar-refractivity contribution in [3.63, 3.8) is 0 Å². The average Bonchev–Trinajstić information content (AvgIpc) is 3.37. The Labute approximate surface area is 224 Å². The molecule has 0 atom stereocenters. The van der Waals surface area contributed by atoms with E-state index in [2.05, 4.69) is 144 Å². The Hall–Kier alpha value is -4.66. The van der Waals surface area contributed by atoms with Crippen LogP contribution in [0, 0.1) is 0 Å². The molecule has 38 heavy (non-hydrogen) atoms. The summed E-state index contributed by atoms with van der Waals surface area (Å²) in [6.07, 6.45) is 0. The van der Waals surface area contributed by atoms with Crippen molar-refractivity contribution in [2.45, 2.75) is 0 Å². The van der Waals surface area contributed by atoms with Gasteiger partial charge >= 0.3 is 0 Å². The zero-order chi connectivity index (χ0) is 25.1. The van der Waals surface area contributed by atoms with Gasteiger partial charge in [0.2, 0.25) is 0 Å². The summed E-state index contributed by atoms with van der Waals surface area (Å²) in [6.45, 7) is 0. The SMILES string of the molecule is c1ccc(N(c2ccc3ccccc3c2)c2ccc3sc4c5ccccc5c5ccccc5c4c3c2)cc1. The second-order valence-corrected chi connectivity index (χ2v) is 10.8. The van der Waals surface area contributed by atoms with Gasteiger partial charge in [-0.25, -0.2) is 0 Å². The molecule has 8 aromatic rings. The normalized spacial score (nSPS) is 11.7. The maximum Gasteiger partial charge on any atom is 0.0468 e. The van der Waals surface area contributed by atoms with E-state index in [1.807, 2.05) is 11.3 Å². The molecular formula is C36H23NS. The summed E-state index contributed by atoms with van der Waals surface area (Å²) >= 11 is 1.90. The minimum Gasteiger partial charge on any atom is -0.310 e. The predicted molar refractivity (Wildman–Crippen MR) is 167 cm³/mol. The van der Waals surface area contributed by atoms with E-state index in [4.69, 9.17) is 0 Å². The van der Waals surface area contributed by atoms with Crippen LogP contribution in [-0.4, -0.2) is 0 Å². The highest BCUT2D eigenvalue weighted by Crippen LogP contribution is 2.46. The highest BCUT2D eigenvalue weighted by Gasteiger charge is 2.17. The molecular weight excluding hydrogens is 478 g/mol. The van der Waals surface area contributed by atoms with Crippen molar-refractivity contribution in [1.82, 2.24) is 0 Å². The third kappa shape index (κ3) is 3.24. The Kier molecular flexibility index (Phi) is 4.76. The minimum absolute atomic E-state index is 1.15. The Morgan fingerprint density at radius 1 is 0.395 bits per heavy atom. The van der Waals surface area contributed by atoms with E-state index < -0.39 is 0 Å². The lowest BCUT2D eigenvalue weighted by atomic mass is 9.97. The molecule has 0 saturated heterocycles. The number of hydrogen-bond acceptors (Lipinski definition) is 2. The maximum atomic E-state index is 2.39. The molecule has 0 spiro atoms. The zero-order valence-electron chi connectivity index (χ0n) is 20.6. The number of para-hydroxylation sites is 1. The van der Waals surface area contributed by atoms with Crippen LogP contribution >= 0.6 is 11.3 Å². The van der Waals surface area contributed by atoms with Gasteiger partial charge in [-0.3, -0.25) is 0 Å². The molecule has 0 fully saturated rings. The number of thiophene rings is 1. The fraction of sp³-hybridized carbons (Fsp3) is 0. The van der Waals surface area contributed by atoms with Gasteiger partial charge in [-0.15, -0.1) is 11.3 Å². The largest absolute Gasteiger partial charge is 0.310 e. The third-order valence-electron chi connectivity index (χ3n) is 7.59. The molecule has 0 radical (unpaired) electrons. The molecule has 178 valence electrons. The first-order valence-electron chi connectivity index (χ1n) is 12.9. The molecule has 0 aliphatic rings. The number of anilines is 3. The molecule has 0 aliphatic heterocycles. The summed E-state index contributed by atoms with van der Waals surface area (Å²) < 4.78 is 2.68. The van der Waals surface area contributed by atoms with Gasteiger partial charge < -0.3 is 4.90 Å². The fourth-order valence-electron chi connectivity index (χ4n) is 5.87. The van der Waals surface area contributed by atoms with Crippen molar-refractivity contribution in [1.29, 1.82) is 0 Å². The van der Waals surface area contributed by atoms with Gasteiger partial charge in [0.25, 0.3) is 0 Å². The Bertz CT molecular complexity index is 2140. The molecule has 8 rings (SSSR count). The highest BCUT2D eigenvalue weighted by molar-refractivity contribution is 7.27. The van der Waals surface area contributed by atoms with Gasteiger partial charge in [0.1, 0.15) is 0 Å². The highest BCUT2D eigenvalue weighted by atomic mass is 32.1. The van der Waals surface area contributed by atoms with Crippen LogP contribution in [0.3, 0.4) is 0 Å². The van der Waals surface area contributed by atoms with Crippen LogP contribution in [0.25, 0.3) is 52.5 Å². The quantitative estimate of drug-likeness (QED) is 0.218. The molecule has 1 heterocycles. The summed E-state index contributed by atoms with van der Waals surface area (Å²) in [6, 6.07) is 50.6. The molecule has 0 amide bonds. The van der Waals surface area contributed by atoms with E-state index in [0.717, 1.165) is 17.1 Å². The first-order chi connectivity index (χ1) is 18.8. The van der Waals surface area contributed by atoms with Crippen molar-refractivity contribution < 1.29 is 0 Å². The van der Waals surface area contributed by atoms with Crippen LogP contribution in [0.2, 0.25) is 0 Å². The summed E-state index contributed by atoms with van der Waals surface area (Å²) in [4.78, 5) is 2.37. The van der Waals surface area contributed by atoms with Crippen molar-refractivity contribution in [3.05, 3.63) is 140 Å². The molecule has 0 saturated carbocycles. The smallest absolute Gasteiger partial charge is 0.0468 e. The summed E-state index contributed by atoms with van der Waals surface area (Å²) in [5, 5.41) is 10.4. The zero-order valence-corrected chi connectivity index (χ0v) is 21.5. The van der Waals surface area contributed by atoms with Crippen LogP contribution in [0.15, 0.2) is 140 Å². The van der Waals surface area contributed by atoms with E-state index in [-0.39, 0.29) is 0 Å². The molecule has 7 aromatic carbocycles. The second kappa shape index (κ2) is 8.44. The molecule has 1 nitrogen and oxygen atoms in total. The van der Waals surface area contributed by atoms with Crippen molar-refractivity contribution in [2.75, 3.05) is 4.90 Å².